The van der Waals surface area contributed by atoms with Gasteiger partial charge in [-0.3, -0.25) is 0 Å². The number of nitrogens with zero attached hydrogens (tertiary/aromatic N) is 2. The van der Waals surface area contributed by atoms with Crippen molar-refractivity contribution in [2.45, 2.75) is 77.7 Å². The molecular weight excluding hydrogens is 284 g/mol. The summed E-state index contributed by atoms with van der Waals surface area (Å²) >= 11 is 0. The fourth-order valence-electron chi connectivity index (χ4n) is 2.95. The third kappa shape index (κ3) is 3.76. The van der Waals surface area contributed by atoms with Crippen LogP contribution in [-0.2, 0) is 4.74 Å². The lowest BCUT2D eigenvalue weighted by atomic mass is 9.94. The molecule has 7 heteroatoms. The molecule has 1 aromatic rings. The van der Waals surface area contributed by atoms with Crippen LogP contribution in [0.25, 0.3) is 0 Å². The van der Waals surface area contributed by atoms with Gasteiger partial charge in [0.25, 0.3) is 0 Å². The minimum atomic E-state index is -0.398. The van der Waals surface area contributed by atoms with Gasteiger partial charge >= 0.3 is 6.03 Å². The number of aryl methyl sites for hydroxylation is 1. The summed E-state index contributed by atoms with van der Waals surface area (Å²) in [4.78, 5) is 16.5. The van der Waals surface area contributed by atoms with Gasteiger partial charge in [0.15, 0.2) is 5.82 Å². The van der Waals surface area contributed by atoms with Crippen molar-refractivity contribution >= 4 is 6.03 Å². The Hall–Kier alpha value is -1.63. The number of carbonyl (C=O) groups excluding carboxylic acids is 1. The van der Waals surface area contributed by atoms with Gasteiger partial charge in [-0.1, -0.05) is 12.1 Å². The molecule has 7 nitrogen and oxygen atoms in total. The maximum Gasteiger partial charge on any atom is 0.315 e. The number of nitrogens with one attached hydrogen (secondary N) is 2. The zero-order valence-corrected chi connectivity index (χ0v) is 14.2. The Morgan fingerprint density at radius 1 is 1.41 bits per heavy atom. The minimum absolute atomic E-state index is 0.0491. The number of hydrogen-bond acceptors (Lipinski definition) is 5. The number of hydrogen-bond donors (Lipinski definition) is 2. The normalized spacial score (nSPS) is 24.0. The van der Waals surface area contributed by atoms with Gasteiger partial charge in [-0.2, -0.15) is 4.98 Å². The molecule has 1 aliphatic heterocycles. The molecule has 0 bridgehead atoms. The highest BCUT2D eigenvalue weighted by molar-refractivity contribution is 5.74. The molecule has 2 rings (SSSR count). The van der Waals surface area contributed by atoms with Crippen molar-refractivity contribution in [2.24, 2.45) is 0 Å². The quantitative estimate of drug-likeness (QED) is 0.891. The van der Waals surface area contributed by atoms with Crippen molar-refractivity contribution in [2.75, 3.05) is 0 Å². The number of rotatable bonds is 4. The molecule has 2 atom stereocenters. The van der Waals surface area contributed by atoms with E-state index in [1.807, 2.05) is 34.6 Å². The Morgan fingerprint density at radius 3 is 2.55 bits per heavy atom. The lowest BCUT2D eigenvalue weighted by Crippen LogP contribution is -2.50. The van der Waals surface area contributed by atoms with E-state index in [1.165, 1.54) is 0 Å². The summed E-state index contributed by atoms with van der Waals surface area (Å²) in [7, 11) is 0. The third-order valence-corrected chi connectivity index (χ3v) is 3.95. The summed E-state index contributed by atoms with van der Waals surface area (Å²) in [5.41, 5.74) is -0.637. The predicted octanol–water partition coefficient (Wildman–Crippen LogP) is 2.47. The van der Waals surface area contributed by atoms with Crippen molar-refractivity contribution in [3.05, 3.63) is 11.7 Å². The van der Waals surface area contributed by atoms with Gasteiger partial charge in [0, 0.05) is 6.92 Å². The summed E-state index contributed by atoms with van der Waals surface area (Å²) in [6.07, 6.45) is 1.45. The van der Waals surface area contributed by atoms with Crippen LogP contribution in [0.15, 0.2) is 4.52 Å². The van der Waals surface area contributed by atoms with Gasteiger partial charge in [-0.25, -0.2) is 4.79 Å². The van der Waals surface area contributed by atoms with Crippen molar-refractivity contribution in [3.8, 4) is 0 Å². The van der Waals surface area contributed by atoms with Gasteiger partial charge in [0.05, 0.1) is 23.3 Å². The van der Waals surface area contributed by atoms with Crippen LogP contribution >= 0.6 is 0 Å². The lowest BCUT2D eigenvalue weighted by Gasteiger charge is -2.28. The molecule has 124 valence electrons. The number of ether oxygens (including phenoxy) is 1. The molecule has 1 aliphatic rings. The summed E-state index contributed by atoms with van der Waals surface area (Å²) in [6.45, 7) is 11.7. The average molecular weight is 310 g/mol. The zero-order valence-electron chi connectivity index (χ0n) is 14.2. The van der Waals surface area contributed by atoms with Crippen LogP contribution in [0.3, 0.4) is 0 Å². The number of urea groups is 1. The van der Waals surface area contributed by atoms with Gasteiger partial charge in [0.1, 0.15) is 0 Å². The molecule has 2 unspecified atom stereocenters. The van der Waals surface area contributed by atoms with Crippen LogP contribution in [-0.4, -0.2) is 33.4 Å². The van der Waals surface area contributed by atoms with Crippen LogP contribution in [0.5, 0.6) is 0 Å². The minimum Gasteiger partial charge on any atom is -0.367 e. The Bertz CT molecular complexity index is 539. The van der Waals surface area contributed by atoms with Crippen LogP contribution in [0, 0.1) is 6.92 Å². The molecule has 22 heavy (non-hydrogen) atoms. The van der Waals surface area contributed by atoms with E-state index in [0.29, 0.717) is 18.1 Å². The summed E-state index contributed by atoms with van der Waals surface area (Å²) in [5.74, 6) is 0.986. The summed E-state index contributed by atoms with van der Waals surface area (Å²) in [6, 6.07) is -0.559. The average Bonchev–Trinajstić information content (AvgIpc) is 2.87. The molecule has 0 saturated carbocycles. The molecule has 1 saturated heterocycles. The largest absolute Gasteiger partial charge is 0.367 e. The maximum absolute atomic E-state index is 12.3. The molecule has 1 aromatic heterocycles. The molecule has 0 radical (unpaired) electrons. The van der Waals surface area contributed by atoms with E-state index in [2.05, 4.69) is 20.8 Å². The fraction of sp³-hybridized carbons (Fsp3) is 0.800. The highest BCUT2D eigenvalue weighted by atomic mass is 16.5. The SMILES string of the molecule is CCC(NC(=O)NC1CC(C)(C)OC1(C)C)c1noc(C)n1. The highest BCUT2D eigenvalue weighted by Gasteiger charge is 2.46. The predicted molar refractivity (Wildman–Crippen MR) is 81.4 cm³/mol. The second kappa shape index (κ2) is 5.87. The Balaban J connectivity index is 1.97. The molecular formula is C15H26N4O3. The number of carbonyl (C=O) groups is 1. The molecule has 0 spiro atoms. The second-order valence-corrected chi connectivity index (χ2v) is 6.97. The van der Waals surface area contributed by atoms with Crippen LogP contribution < -0.4 is 10.6 Å². The fourth-order valence-corrected chi connectivity index (χ4v) is 2.95. The molecule has 2 N–H and O–H groups in total. The van der Waals surface area contributed by atoms with E-state index in [0.717, 1.165) is 6.42 Å². The Morgan fingerprint density at radius 2 is 2.09 bits per heavy atom. The third-order valence-electron chi connectivity index (χ3n) is 3.95. The molecule has 0 aliphatic carbocycles. The first kappa shape index (κ1) is 16.7. The molecule has 1 fully saturated rings. The van der Waals surface area contributed by atoms with Crippen molar-refractivity contribution in [1.82, 2.24) is 20.8 Å². The van der Waals surface area contributed by atoms with Crippen molar-refractivity contribution in [1.29, 1.82) is 0 Å². The van der Waals surface area contributed by atoms with Gasteiger partial charge < -0.3 is 19.9 Å². The molecule has 2 amide bonds. The van der Waals surface area contributed by atoms with E-state index >= 15 is 0 Å². The van der Waals surface area contributed by atoms with Gasteiger partial charge in [-0.15, -0.1) is 0 Å². The first-order chi connectivity index (χ1) is 10.1. The van der Waals surface area contributed by atoms with Crippen molar-refractivity contribution < 1.29 is 14.1 Å². The van der Waals surface area contributed by atoms with Crippen molar-refractivity contribution in [3.63, 3.8) is 0 Å². The van der Waals surface area contributed by atoms with E-state index < -0.39 is 5.60 Å². The standard InChI is InChI=1S/C15H26N4O3/c1-7-10(12-16-9(2)21-19-12)17-13(20)18-11-8-14(3,4)22-15(11,5)6/h10-11H,7-8H2,1-6H3,(H2,17,18,20). The summed E-state index contributed by atoms with van der Waals surface area (Å²) in [5, 5.41) is 9.77. The van der Waals surface area contributed by atoms with E-state index in [4.69, 9.17) is 9.26 Å². The van der Waals surface area contributed by atoms with Crippen LogP contribution in [0.2, 0.25) is 0 Å². The zero-order chi connectivity index (χ0) is 16.5. The maximum atomic E-state index is 12.3. The first-order valence-corrected chi connectivity index (χ1v) is 7.70. The first-order valence-electron chi connectivity index (χ1n) is 7.70. The molecule has 0 aromatic carbocycles. The Labute approximate surface area is 131 Å². The monoisotopic (exact) mass is 310 g/mol. The smallest absolute Gasteiger partial charge is 0.315 e. The highest BCUT2D eigenvalue weighted by Crippen LogP contribution is 2.37. The van der Waals surface area contributed by atoms with E-state index in [9.17, 15) is 4.79 Å². The van der Waals surface area contributed by atoms with E-state index in [-0.39, 0.29) is 23.7 Å². The van der Waals surface area contributed by atoms with Gasteiger partial charge in [-0.05, 0) is 40.5 Å². The second-order valence-electron chi connectivity index (χ2n) is 6.97. The number of aromatic nitrogens is 2. The van der Waals surface area contributed by atoms with E-state index in [1.54, 1.807) is 6.92 Å². The molecule has 2 heterocycles. The van der Waals surface area contributed by atoms with Crippen LogP contribution in [0.1, 0.15) is 65.2 Å². The van der Waals surface area contributed by atoms with Gasteiger partial charge in [0.2, 0.25) is 5.89 Å². The van der Waals surface area contributed by atoms with Crippen LogP contribution in [0.4, 0.5) is 4.79 Å². The number of amides is 2. The summed E-state index contributed by atoms with van der Waals surface area (Å²) < 4.78 is 11.0. The lowest BCUT2D eigenvalue weighted by molar-refractivity contribution is -0.0690. The topological polar surface area (TPSA) is 89.3 Å². The Kier molecular flexibility index (Phi) is 4.47.